The van der Waals surface area contributed by atoms with Crippen molar-refractivity contribution in [3.8, 4) is 0 Å². The van der Waals surface area contributed by atoms with Crippen molar-refractivity contribution >= 4 is 20.1 Å². The van der Waals surface area contributed by atoms with Crippen molar-refractivity contribution in [2.24, 2.45) is 0 Å². The molecule has 1 saturated heterocycles. The SMILES string of the molecule is CS(=O)(=O)N[C@@]1(COS(C)(=O)=O)OC[C@@H](OCc2ccccc2)[C@@H](OCc2ccccc2)[C@@H]1OCc1ccccc1. The van der Waals surface area contributed by atoms with Crippen LogP contribution < -0.4 is 4.72 Å². The van der Waals surface area contributed by atoms with Crippen LogP contribution in [-0.4, -0.2) is 66.6 Å². The minimum atomic E-state index is -3.98. The molecule has 41 heavy (non-hydrogen) atoms. The maximum absolute atomic E-state index is 12.6. The third-order valence-electron chi connectivity index (χ3n) is 6.34. The van der Waals surface area contributed by atoms with Crippen LogP contribution in [0.2, 0.25) is 0 Å². The lowest BCUT2D eigenvalue weighted by molar-refractivity contribution is -0.284. The Labute approximate surface area is 241 Å². The average Bonchev–Trinajstić information content (AvgIpc) is 2.94. The van der Waals surface area contributed by atoms with E-state index in [9.17, 15) is 16.8 Å². The zero-order chi connectivity index (χ0) is 29.3. The first-order valence-corrected chi connectivity index (χ1v) is 16.7. The second-order valence-electron chi connectivity index (χ2n) is 9.85. The molecule has 10 nitrogen and oxygen atoms in total. The average molecular weight is 606 g/mol. The summed E-state index contributed by atoms with van der Waals surface area (Å²) in [6, 6.07) is 28.2. The van der Waals surface area contributed by atoms with Gasteiger partial charge in [-0.2, -0.15) is 13.1 Å². The summed E-state index contributed by atoms with van der Waals surface area (Å²) >= 11 is 0. The maximum Gasteiger partial charge on any atom is 0.264 e. The van der Waals surface area contributed by atoms with Crippen LogP contribution in [-0.2, 0) is 63.1 Å². The zero-order valence-corrected chi connectivity index (χ0v) is 24.6. The number of benzene rings is 3. The molecule has 1 fully saturated rings. The molecular formula is C29H35NO9S2. The molecule has 3 aromatic rings. The first-order valence-electron chi connectivity index (χ1n) is 13.0. The summed E-state index contributed by atoms with van der Waals surface area (Å²) in [7, 11) is -7.94. The fraction of sp³-hybridized carbons (Fsp3) is 0.379. The molecule has 1 heterocycles. The lowest BCUT2D eigenvalue weighted by atomic mass is 9.94. The van der Waals surface area contributed by atoms with Gasteiger partial charge in [-0.25, -0.2) is 8.42 Å². The van der Waals surface area contributed by atoms with Gasteiger partial charge in [-0.05, 0) is 16.7 Å². The summed E-state index contributed by atoms with van der Waals surface area (Å²) in [4.78, 5) is 0. The van der Waals surface area contributed by atoms with Crippen molar-refractivity contribution in [1.29, 1.82) is 0 Å². The van der Waals surface area contributed by atoms with Crippen molar-refractivity contribution in [3.63, 3.8) is 0 Å². The molecule has 4 atom stereocenters. The highest BCUT2D eigenvalue weighted by Crippen LogP contribution is 2.33. The third kappa shape index (κ3) is 9.69. The molecule has 0 bridgehead atoms. The van der Waals surface area contributed by atoms with Crippen LogP contribution in [0.15, 0.2) is 91.0 Å². The van der Waals surface area contributed by atoms with Gasteiger partial charge in [0.15, 0.2) is 5.72 Å². The normalized spacial score (nSPS) is 23.3. The van der Waals surface area contributed by atoms with Crippen LogP contribution in [0.25, 0.3) is 0 Å². The molecule has 3 aromatic carbocycles. The number of rotatable bonds is 14. The van der Waals surface area contributed by atoms with Crippen LogP contribution >= 0.6 is 0 Å². The quantitative estimate of drug-likeness (QED) is 0.276. The second-order valence-corrected chi connectivity index (χ2v) is 13.2. The minimum absolute atomic E-state index is 0.0531. The molecule has 0 radical (unpaired) electrons. The largest absolute Gasteiger partial charge is 0.368 e. The van der Waals surface area contributed by atoms with Crippen molar-refractivity contribution in [2.45, 2.75) is 43.9 Å². The van der Waals surface area contributed by atoms with Crippen molar-refractivity contribution in [3.05, 3.63) is 108 Å². The Morgan fingerprint density at radius 2 is 1.20 bits per heavy atom. The Balaban J connectivity index is 1.71. The van der Waals surface area contributed by atoms with Gasteiger partial charge in [0.25, 0.3) is 10.1 Å². The van der Waals surface area contributed by atoms with E-state index >= 15 is 0 Å². The van der Waals surface area contributed by atoms with E-state index < -0.39 is 50.8 Å². The van der Waals surface area contributed by atoms with Crippen molar-refractivity contribution < 1.29 is 40.0 Å². The van der Waals surface area contributed by atoms with Gasteiger partial charge in [0.2, 0.25) is 10.0 Å². The van der Waals surface area contributed by atoms with Gasteiger partial charge >= 0.3 is 0 Å². The molecule has 1 N–H and O–H groups in total. The molecule has 4 rings (SSSR count). The molecule has 1 aliphatic rings. The summed E-state index contributed by atoms with van der Waals surface area (Å²) in [5, 5.41) is 0. The summed E-state index contributed by atoms with van der Waals surface area (Å²) in [6.45, 7) is -0.374. The molecule has 0 aliphatic carbocycles. The van der Waals surface area contributed by atoms with Gasteiger partial charge in [0.1, 0.15) is 24.9 Å². The van der Waals surface area contributed by atoms with Crippen LogP contribution in [0.4, 0.5) is 0 Å². The van der Waals surface area contributed by atoms with Gasteiger partial charge in [0.05, 0.1) is 38.9 Å². The van der Waals surface area contributed by atoms with Gasteiger partial charge in [-0.1, -0.05) is 91.0 Å². The van der Waals surface area contributed by atoms with Crippen molar-refractivity contribution in [2.75, 3.05) is 25.7 Å². The van der Waals surface area contributed by atoms with E-state index in [0.717, 1.165) is 29.2 Å². The molecule has 0 amide bonds. The first-order chi connectivity index (χ1) is 19.5. The predicted molar refractivity (Wildman–Crippen MR) is 153 cm³/mol. The van der Waals surface area contributed by atoms with Gasteiger partial charge in [-0.3, -0.25) is 4.18 Å². The van der Waals surface area contributed by atoms with E-state index in [1.165, 1.54) is 0 Å². The molecule has 222 valence electrons. The van der Waals surface area contributed by atoms with E-state index in [1.54, 1.807) is 0 Å². The fourth-order valence-corrected chi connectivity index (χ4v) is 5.74. The second kappa shape index (κ2) is 14.0. The maximum atomic E-state index is 12.6. The van der Waals surface area contributed by atoms with Gasteiger partial charge < -0.3 is 18.9 Å². The van der Waals surface area contributed by atoms with Crippen LogP contribution in [0.3, 0.4) is 0 Å². The lowest BCUT2D eigenvalue weighted by Crippen LogP contribution is -2.71. The number of ether oxygens (including phenoxy) is 4. The van der Waals surface area contributed by atoms with E-state index in [0.29, 0.717) is 0 Å². The summed E-state index contributed by atoms with van der Waals surface area (Å²) < 4.78 is 82.0. The van der Waals surface area contributed by atoms with Crippen LogP contribution in [0.1, 0.15) is 16.7 Å². The topological polar surface area (TPSA) is 126 Å². The molecule has 0 unspecified atom stereocenters. The Kier molecular flexibility index (Phi) is 10.7. The molecule has 1 aliphatic heterocycles. The highest BCUT2D eigenvalue weighted by molar-refractivity contribution is 7.88. The van der Waals surface area contributed by atoms with E-state index in [1.807, 2.05) is 91.0 Å². The van der Waals surface area contributed by atoms with Gasteiger partial charge in [0, 0.05) is 0 Å². The van der Waals surface area contributed by atoms with E-state index in [-0.39, 0.29) is 26.4 Å². The standard InChI is InChI=1S/C29H35NO9S2/c1-40(31,32)30-29(22-39-41(2,33)34)28(37-20-25-16-10-5-11-17-25)27(36-19-24-14-8-4-9-15-24)26(21-38-29)35-18-23-12-6-3-7-13-23/h3-17,26-28,30H,18-22H2,1-2H3/t26-,27-,28+,29+/m1/s1. The summed E-state index contributed by atoms with van der Waals surface area (Å²) in [5.41, 5.74) is 0.650. The molecular weight excluding hydrogens is 570 g/mol. The Bertz CT molecular complexity index is 1440. The number of hydrogen-bond donors (Lipinski definition) is 1. The molecule has 0 spiro atoms. The van der Waals surface area contributed by atoms with Crippen LogP contribution in [0.5, 0.6) is 0 Å². The van der Waals surface area contributed by atoms with Crippen molar-refractivity contribution in [1.82, 2.24) is 4.72 Å². The van der Waals surface area contributed by atoms with E-state index in [2.05, 4.69) is 4.72 Å². The Hall–Kier alpha value is -2.68. The Morgan fingerprint density at radius 1 is 0.732 bits per heavy atom. The monoisotopic (exact) mass is 605 g/mol. The number of hydrogen-bond acceptors (Lipinski definition) is 9. The lowest BCUT2D eigenvalue weighted by Gasteiger charge is -2.49. The molecule has 12 heteroatoms. The number of sulfonamides is 1. The first kappa shape index (κ1) is 31.3. The highest BCUT2D eigenvalue weighted by Gasteiger charge is 2.55. The third-order valence-corrected chi connectivity index (χ3v) is 7.60. The fourth-order valence-electron chi connectivity index (χ4n) is 4.49. The summed E-state index contributed by atoms with van der Waals surface area (Å²) in [6.07, 6.45) is -0.956. The van der Waals surface area contributed by atoms with Gasteiger partial charge in [-0.15, -0.1) is 0 Å². The zero-order valence-electron chi connectivity index (χ0n) is 22.9. The number of nitrogens with one attached hydrogen (secondary N) is 1. The minimum Gasteiger partial charge on any atom is -0.368 e. The van der Waals surface area contributed by atoms with Crippen LogP contribution in [0, 0.1) is 0 Å². The molecule has 0 saturated carbocycles. The highest BCUT2D eigenvalue weighted by atomic mass is 32.2. The molecule has 0 aromatic heterocycles. The Morgan fingerprint density at radius 3 is 1.66 bits per heavy atom. The smallest absolute Gasteiger partial charge is 0.264 e. The predicted octanol–water partition coefficient (Wildman–Crippen LogP) is 2.99. The summed E-state index contributed by atoms with van der Waals surface area (Å²) in [5.74, 6) is 0. The van der Waals surface area contributed by atoms with E-state index in [4.69, 9.17) is 23.1 Å².